The zero-order valence-corrected chi connectivity index (χ0v) is 8.86. The molecule has 2 nitrogen and oxygen atoms in total. The van der Waals surface area contributed by atoms with Gasteiger partial charge in [0, 0.05) is 4.90 Å². The average Bonchev–Trinajstić information content (AvgIpc) is 2.15. The fourth-order valence-electron chi connectivity index (χ4n) is 1.27. The van der Waals surface area contributed by atoms with E-state index in [0.29, 0.717) is 6.61 Å². The molecule has 0 aliphatic carbocycles. The fourth-order valence-corrected chi connectivity index (χ4v) is 1.86. The Hall–Kier alpha value is -0.510. The van der Waals surface area contributed by atoms with Crippen LogP contribution in [0.25, 0.3) is 0 Å². The summed E-state index contributed by atoms with van der Waals surface area (Å²) in [6, 6.07) is 6.45. The minimum absolute atomic E-state index is 0.581. The third-order valence-electron chi connectivity index (χ3n) is 1.97. The van der Waals surface area contributed by atoms with Crippen molar-refractivity contribution in [3.63, 3.8) is 0 Å². The van der Waals surface area contributed by atoms with Crippen molar-refractivity contribution in [1.29, 1.82) is 0 Å². The third kappa shape index (κ3) is 3.03. The summed E-state index contributed by atoms with van der Waals surface area (Å²) < 4.78 is 0. The SMILES string of the molecule is CSc1ccc(CCON)cc1C. The predicted octanol–water partition coefficient (Wildman–Crippen LogP) is 2.15. The van der Waals surface area contributed by atoms with Gasteiger partial charge in [-0.1, -0.05) is 12.1 Å². The first-order valence-corrected chi connectivity index (χ1v) is 5.45. The Morgan fingerprint density at radius 1 is 1.46 bits per heavy atom. The summed E-state index contributed by atoms with van der Waals surface area (Å²) in [5.74, 6) is 4.97. The van der Waals surface area contributed by atoms with Gasteiger partial charge in [0.05, 0.1) is 6.61 Å². The zero-order chi connectivity index (χ0) is 9.68. The Labute approximate surface area is 83.4 Å². The molecule has 0 atom stereocenters. The van der Waals surface area contributed by atoms with E-state index in [1.807, 2.05) is 0 Å². The van der Waals surface area contributed by atoms with Crippen LogP contribution in [0.5, 0.6) is 0 Å². The van der Waals surface area contributed by atoms with Crippen LogP contribution in [-0.4, -0.2) is 12.9 Å². The van der Waals surface area contributed by atoms with Crippen molar-refractivity contribution in [3.05, 3.63) is 29.3 Å². The molecule has 3 heteroatoms. The van der Waals surface area contributed by atoms with Crippen molar-refractivity contribution >= 4 is 11.8 Å². The van der Waals surface area contributed by atoms with Crippen LogP contribution in [-0.2, 0) is 11.3 Å². The van der Waals surface area contributed by atoms with Crippen LogP contribution in [0.2, 0.25) is 0 Å². The van der Waals surface area contributed by atoms with E-state index in [1.54, 1.807) is 11.8 Å². The van der Waals surface area contributed by atoms with Crippen LogP contribution >= 0.6 is 11.8 Å². The lowest BCUT2D eigenvalue weighted by Crippen LogP contribution is -2.03. The minimum atomic E-state index is 0.581. The van der Waals surface area contributed by atoms with Gasteiger partial charge in [-0.15, -0.1) is 11.8 Å². The highest BCUT2D eigenvalue weighted by molar-refractivity contribution is 7.98. The molecule has 0 saturated carbocycles. The van der Waals surface area contributed by atoms with Gasteiger partial charge >= 0.3 is 0 Å². The molecule has 0 saturated heterocycles. The summed E-state index contributed by atoms with van der Waals surface area (Å²) in [4.78, 5) is 5.87. The van der Waals surface area contributed by atoms with E-state index in [9.17, 15) is 0 Å². The monoisotopic (exact) mass is 197 g/mol. The summed E-state index contributed by atoms with van der Waals surface area (Å²) in [7, 11) is 0. The molecule has 0 aliphatic rings. The molecule has 13 heavy (non-hydrogen) atoms. The van der Waals surface area contributed by atoms with E-state index in [0.717, 1.165) is 6.42 Å². The molecule has 72 valence electrons. The lowest BCUT2D eigenvalue weighted by atomic mass is 10.1. The second-order valence-electron chi connectivity index (χ2n) is 2.92. The van der Waals surface area contributed by atoms with Crippen LogP contribution in [0.1, 0.15) is 11.1 Å². The van der Waals surface area contributed by atoms with Crippen molar-refractivity contribution in [2.45, 2.75) is 18.2 Å². The molecule has 0 aliphatic heterocycles. The second kappa shape index (κ2) is 5.27. The highest BCUT2D eigenvalue weighted by Gasteiger charge is 1.98. The molecule has 0 amide bonds. The number of hydrogen-bond acceptors (Lipinski definition) is 3. The molecule has 0 aromatic heterocycles. The first-order chi connectivity index (χ1) is 6.27. The van der Waals surface area contributed by atoms with Gasteiger partial charge in [-0.3, -0.25) is 0 Å². The highest BCUT2D eigenvalue weighted by Crippen LogP contribution is 2.20. The number of benzene rings is 1. The standard InChI is InChI=1S/C10H15NOS/c1-8-7-9(5-6-12-11)3-4-10(8)13-2/h3-4,7H,5-6,11H2,1-2H3. The van der Waals surface area contributed by atoms with Gasteiger partial charge in [0.15, 0.2) is 0 Å². The number of thioether (sulfide) groups is 1. The van der Waals surface area contributed by atoms with E-state index in [-0.39, 0.29) is 0 Å². The summed E-state index contributed by atoms with van der Waals surface area (Å²) >= 11 is 1.77. The van der Waals surface area contributed by atoms with Crippen LogP contribution in [0.3, 0.4) is 0 Å². The van der Waals surface area contributed by atoms with Crippen molar-refractivity contribution in [2.24, 2.45) is 5.90 Å². The highest BCUT2D eigenvalue weighted by atomic mass is 32.2. The molecule has 0 spiro atoms. The third-order valence-corrected chi connectivity index (χ3v) is 2.87. The Morgan fingerprint density at radius 2 is 2.23 bits per heavy atom. The molecule has 0 bridgehead atoms. The van der Waals surface area contributed by atoms with E-state index in [1.165, 1.54) is 16.0 Å². The van der Waals surface area contributed by atoms with Gasteiger partial charge in [0.2, 0.25) is 0 Å². The quantitative estimate of drug-likeness (QED) is 0.593. The summed E-state index contributed by atoms with van der Waals surface area (Å²) in [5.41, 5.74) is 2.60. The molecular formula is C10H15NOS. The van der Waals surface area contributed by atoms with Crippen LogP contribution in [0, 0.1) is 6.92 Å². The summed E-state index contributed by atoms with van der Waals surface area (Å²) in [5, 5.41) is 0. The van der Waals surface area contributed by atoms with Crippen LogP contribution < -0.4 is 5.90 Å². The zero-order valence-electron chi connectivity index (χ0n) is 8.04. The number of rotatable bonds is 4. The molecule has 1 rings (SSSR count). The van der Waals surface area contributed by atoms with Crippen LogP contribution in [0.15, 0.2) is 23.1 Å². The molecule has 1 aromatic rings. The van der Waals surface area contributed by atoms with E-state index in [2.05, 4.69) is 36.2 Å². The lowest BCUT2D eigenvalue weighted by Gasteiger charge is -2.05. The minimum Gasteiger partial charge on any atom is -0.304 e. The van der Waals surface area contributed by atoms with Crippen LogP contribution in [0.4, 0.5) is 0 Å². The van der Waals surface area contributed by atoms with Gasteiger partial charge in [0.25, 0.3) is 0 Å². The number of hydrogen-bond donors (Lipinski definition) is 1. The number of nitrogens with two attached hydrogens (primary N) is 1. The maximum atomic E-state index is 4.97. The molecule has 0 unspecified atom stereocenters. The Kier molecular flexibility index (Phi) is 4.28. The largest absolute Gasteiger partial charge is 0.304 e. The van der Waals surface area contributed by atoms with Gasteiger partial charge in [-0.05, 0) is 36.8 Å². The van der Waals surface area contributed by atoms with Gasteiger partial charge in [0.1, 0.15) is 0 Å². The van der Waals surface area contributed by atoms with Gasteiger partial charge in [-0.25, -0.2) is 5.90 Å². The Balaban J connectivity index is 2.71. The first kappa shape index (κ1) is 10.6. The Morgan fingerprint density at radius 3 is 2.77 bits per heavy atom. The maximum Gasteiger partial charge on any atom is 0.0719 e. The molecular weight excluding hydrogens is 182 g/mol. The van der Waals surface area contributed by atoms with Gasteiger partial charge in [-0.2, -0.15) is 0 Å². The van der Waals surface area contributed by atoms with Crippen molar-refractivity contribution in [2.75, 3.05) is 12.9 Å². The summed E-state index contributed by atoms with van der Waals surface area (Å²) in [6.45, 7) is 2.71. The maximum absolute atomic E-state index is 4.97. The van der Waals surface area contributed by atoms with E-state index < -0.39 is 0 Å². The molecule has 0 heterocycles. The fraction of sp³-hybridized carbons (Fsp3) is 0.400. The van der Waals surface area contributed by atoms with E-state index in [4.69, 9.17) is 5.90 Å². The second-order valence-corrected chi connectivity index (χ2v) is 3.77. The van der Waals surface area contributed by atoms with Crippen molar-refractivity contribution in [1.82, 2.24) is 0 Å². The van der Waals surface area contributed by atoms with E-state index >= 15 is 0 Å². The predicted molar refractivity (Wildman–Crippen MR) is 56.8 cm³/mol. The molecule has 2 N–H and O–H groups in total. The van der Waals surface area contributed by atoms with Gasteiger partial charge < -0.3 is 4.84 Å². The Bertz CT molecular complexity index is 276. The molecule has 1 aromatic carbocycles. The molecule has 0 radical (unpaired) electrons. The van der Waals surface area contributed by atoms with Crippen molar-refractivity contribution < 1.29 is 4.84 Å². The first-order valence-electron chi connectivity index (χ1n) is 4.23. The summed E-state index contributed by atoms with van der Waals surface area (Å²) in [6.07, 6.45) is 2.97. The lowest BCUT2D eigenvalue weighted by molar-refractivity contribution is 0.141. The normalized spacial score (nSPS) is 10.4. The molecule has 0 fully saturated rings. The topological polar surface area (TPSA) is 35.2 Å². The number of aryl methyl sites for hydroxylation is 1. The smallest absolute Gasteiger partial charge is 0.0719 e. The average molecular weight is 197 g/mol. The van der Waals surface area contributed by atoms with Crippen molar-refractivity contribution in [3.8, 4) is 0 Å².